The highest BCUT2D eigenvalue weighted by molar-refractivity contribution is 7.94. The van der Waals surface area contributed by atoms with Crippen molar-refractivity contribution in [2.24, 2.45) is 0 Å². The number of anilines is 1. The first-order chi connectivity index (χ1) is 10.9. The molecule has 1 aromatic carbocycles. The zero-order chi connectivity index (χ0) is 16.9. The van der Waals surface area contributed by atoms with Gasteiger partial charge in [-0.2, -0.15) is 0 Å². The highest BCUT2D eigenvalue weighted by atomic mass is 35.5. The van der Waals surface area contributed by atoms with Gasteiger partial charge in [-0.1, -0.05) is 30.4 Å². The summed E-state index contributed by atoms with van der Waals surface area (Å²) < 4.78 is 27.4. The topological polar surface area (TPSA) is 49.4 Å². The summed E-state index contributed by atoms with van der Waals surface area (Å²) in [7, 11) is -3.56. The van der Waals surface area contributed by atoms with Crippen LogP contribution in [-0.4, -0.2) is 37.0 Å². The second-order valence-electron chi connectivity index (χ2n) is 5.75. The first-order valence-electron chi connectivity index (χ1n) is 7.68. The lowest BCUT2D eigenvalue weighted by Crippen LogP contribution is -2.42. The third-order valence-electron chi connectivity index (χ3n) is 4.05. The molecule has 0 amide bonds. The van der Waals surface area contributed by atoms with Crippen LogP contribution in [0.1, 0.15) is 20.3 Å². The minimum atomic E-state index is -3.56. The van der Waals surface area contributed by atoms with Crippen molar-refractivity contribution in [3.05, 3.63) is 54.3 Å². The smallest absolute Gasteiger partial charge is 0.242 e. The van der Waals surface area contributed by atoms with Gasteiger partial charge in [0.05, 0.1) is 0 Å². The van der Waals surface area contributed by atoms with Gasteiger partial charge in [0.25, 0.3) is 0 Å². The number of sulfonamides is 1. The number of rotatable bonds is 7. The number of nitrogens with zero attached hydrogens (tertiary/aromatic N) is 1. The molecule has 0 heterocycles. The molecular formula is C17H23ClN2O2S. The average Bonchev–Trinajstić information content (AvgIpc) is 2.53. The molecule has 1 N–H and O–H groups in total. The summed E-state index contributed by atoms with van der Waals surface area (Å²) in [5, 5.41) is 0. The van der Waals surface area contributed by atoms with Gasteiger partial charge in [-0.25, -0.2) is 8.42 Å². The Hall–Kier alpha value is -1.46. The highest BCUT2D eigenvalue weighted by Crippen LogP contribution is 2.33. The molecule has 1 atom stereocenters. The fourth-order valence-electron chi connectivity index (χ4n) is 2.63. The molecule has 6 heteroatoms. The Bertz CT molecular complexity index is 686. The quantitative estimate of drug-likeness (QED) is 0.761. The SMILES string of the molecule is CCN(CCCl)C1=CC=CC(C)(S(=O)(=O)Nc2ccccc2)C1. The van der Waals surface area contributed by atoms with Crippen molar-refractivity contribution in [1.29, 1.82) is 0 Å². The molecule has 23 heavy (non-hydrogen) atoms. The summed E-state index contributed by atoms with van der Waals surface area (Å²) in [6, 6.07) is 8.96. The first kappa shape index (κ1) is 17.9. The number of halogens is 1. The first-order valence-corrected chi connectivity index (χ1v) is 9.70. The maximum absolute atomic E-state index is 12.9. The summed E-state index contributed by atoms with van der Waals surface area (Å²) in [6.45, 7) is 5.30. The second kappa shape index (κ2) is 7.41. The number of benzene rings is 1. The molecule has 0 fully saturated rings. The van der Waals surface area contributed by atoms with Crippen LogP contribution in [0.15, 0.2) is 54.3 Å². The highest BCUT2D eigenvalue weighted by Gasteiger charge is 2.39. The summed E-state index contributed by atoms with van der Waals surface area (Å²) >= 11 is 5.85. The van der Waals surface area contributed by atoms with Crippen molar-refractivity contribution < 1.29 is 8.42 Å². The van der Waals surface area contributed by atoms with Crippen LogP contribution in [0.4, 0.5) is 5.69 Å². The van der Waals surface area contributed by atoms with Gasteiger partial charge in [0.15, 0.2) is 0 Å². The number of allylic oxidation sites excluding steroid dienone is 3. The molecule has 1 unspecified atom stereocenters. The standard InChI is InChI=1S/C17H23ClN2O2S/c1-3-20(13-12-18)16-10-7-11-17(2,14-16)23(21,22)19-15-8-5-4-6-9-15/h4-11,19H,3,12-14H2,1-2H3. The van der Waals surface area contributed by atoms with E-state index >= 15 is 0 Å². The number of alkyl halides is 1. The molecule has 1 aromatic rings. The van der Waals surface area contributed by atoms with Gasteiger partial charge in [-0.15, -0.1) is 11.6 Å². The van der Waals surface area contributed by atoms with Gasteiger partial charge >= 0.3 is 0 Å². The van der Waals surface area contributed by atoms with Crippen molar-refractivity contribution in [1.82, 2.24) is 4.90 Å². The lowest BCUT2D eigenvalue weighted by atomic mass is 9.98. The van der Waals surface area contributed by atoms with Crippen molar-refractivity contribution in [3.63, 3.8) is 0 Å². The van der Waals surface area contributed by atoms with Gasteiger partial charge in [0.2, 0.25) is 10.0 Å². The molecule has 0 saturated heterocycles. The maximum Gasteiger partial charge on any atom is 0.242 e. The molecule has 0 saturated carbocycles. The summed E-state index contributed by atoms with van der Waals surface area (Å²) in [4.78, 5) is 2.12. The van der Waals surface area contributed by atoms with Crippen LogP contribution in [0.25, 0.3) is 0 Å². The second-order valence-corrected chi connectivity index (χ2v) is 8.27. The number of hydrogen-bond donors (Lipinski definition) is 1. The van der Waals surface area contributed by atoms with E-state index in [-0.39, 0.29) is 0 Å². The van der Waals surface area contributed by atoms with Crippen LogP contribution in [0, 0.1) is 0 Å². The number of nitrogens with one attached hydrogen (secondary N) is 1. The minimum Gasteiger partial charge on any atom is -0.374 e. The van der Waals surface area contributed by atoms with Gasteiger partial charge in [-0.05, 0) is 32.1 Å². The third kappa shape index (κ3) is 4.09. The van der Waals surface area contributed by atoms with E-state index < -0.39 is 14.8 Å². The van der Waals surface area contributed by atoms with E-state index in [0.717, 1.165) is 12.2 Å². The zero-order valence-electron chi connectivity index (χ0n) is 13.5. The van der Waals surface area contributed by atoms with Crippen molar-refractivity contribution in [2.45, 2.75) is 25.0 Å². The zero-order valence-corrected chi connectivity index (χ0v) is 15.1. The monoisotopic (exact) mass is 354 g/mol. The Labute approximate surface area is 143 Å². The van der Waals surface area contributed by atoms with E-state index in [1.54, 1.807) is 25.1 Å². The fourth-order valence-corrected chi connectivity index (χ4v) is 4.11. The average molecular weight is 355 g/mol. The van der Waals surface area contributed by atoms with E-state index in [1.807, 2.05) is 37.3 Å². The molecule has 1 aliphatic rings. The van der Waals surface area contributed by atoms with Gasteiger partial charge in [0.1, 0.15) is 4.75 Å². The van der Waals surface area contributed by atoms with E-state index in [0.29, 0.717) is 24.5 Å². The van der Waals surface area contributed by atoms with E-state index in [1.165, 1.54) is 0 Å². The molecule has 0 bridgehead atoms. The predicted molar refractivity (Wildman–Crippen MR) is 97.2 cm³/mol. The molecule has 2 rings (SSSR count). The van der Waals surface area contributed by atoms with Crippen LogP contribution in [-0.2, 0) is 10.0 Å². The summed E-state index contributed by atoms with van der Waals surface area (Å²) in [6.07, 6.45) is 5.96. The minimum absolute atomic E-state index is 0.427. The Morgan fingerprint density at radius 1 is 1.30 bits per heavy atom. The predicted octanol–water partition coefficient (Wildman–Crippen LogP) is 3.59. The maximum atomic E-state index is 12.9. The molecule has 126 valence electrons. The van der Waals surface area contributed by atoms with Crippen molar-refractivity contribution >= 4 is 27.3 Å². The summed E-state index contributed by atoms with van der Waals surface area (Å²) in [5.41, 5.74) is 1.57. The van der Waals surface area contributed by atoms with Crippen LogP contribution in [0.3, 0.4) is 0 Å². The Morgan fingerprint density at radius 3 is 2.61 bits per heavy atom. The lowest BCUT2D eigenvalue weighted by Gasteiger charge is -2.34. The van der Waals surface area contributed by atoms with Gasteiger partial charge in [-0.3, -0.25) is 4.72 Å². The van der Waals surface area contributed by atoms with Gasteiger partial charge in [0, 0.05) is 36.8 Å². The Balaban J connectivity index is 2.22. The molecule has 0 aliphatic heterocycles. The van der Waals surface area contributed by atoms with E-state index in [4.69, 9.17) is 11.6 Å². The Morgan fingerprint density at radius 2 is 2.00 bits per heavy atom. The fraction of sp³-hybridized carbons (Fsp3) is 0.412. The van der Waals surface area contributed by atoms with Crippen LogP contribution in [0.2, 0.25) is 0 Å². The molecule has 0 spiro atoms. The van der Waals surface area contributed by atoms with Crippen molar-refractivity contribution in [3.8, 4) is 0 Å². The molecular weight excluding hydrogens is 332 g/mol. The Kier molecular flexibility index (Phi) is 5.76. The molecule has 1 aliphatic carbocycles. The van der Waals surface area contributed by atoms with Crippen molar-refractivity contribution in [2.75, 3.05) is 23.7 Å². The summed E-state index contributed by atoms with van der Waals surface area (Å²) in [5.74, 6) is 0.515. The van der Waals surface area contributed by atoms with E-state index in [2.05, 4.69) is 9.62 Å². The van der Waals surface area contributed by atoms with E-state index in [9.17, 15) is 8.42 Å². The van der Waals surface area contributed by atoms with Crippen LogP contribution >= 0.6 is 11.6 Å². The molecule has 4 nitrogen and oxygen atoms in total. The van der Waals surface area contributed by atoms with Gasteiger partial charge < -0.3 is 4.90 Å². The molecule has 0 radical (unpaired) electrons. The van der Waals surface area contributed by atoms with Crippen LogP contribution < -0.4 is 4.72 Å². The third-order valence-corrected chi connectivity index (χ3v) is 6.23. The largest absolute Gasteiger partial charge is 0.374 e. The number of hydrogen-bond acceptors (Lipinski definition) is 3. The molecule has 0 aromatic heterocycles. The van der Waals surface area contributed by atoms with Crippen LogP contribution in [0.5, 0.6) is 0 Å². The number of para-hydroxylation sites is 1. The normalized spacial score (nSPS) is 20.9. The lowest BCUT2D eigenvalue weighted by molar-refractivity contribution is 0.360.